The summed E-state index contributed by atoms with van der Waals surface area (Å²) in [5.74, 6) is 0.453. The van der Waals surface area contributed by atoms with Gasteiger partial charge in [-0.3, -0.25) is 4.79 Å². The molecule has 2 rings (SSSR count). The first-order chi connectivity index (χ1) is 9.11. The normalized spacial score (nSPS) is 14.3. The number of rotatable bonds is 5. The fourth-order valence-electron chi connectivity index (χ4n) is 1.82. The molecule has 0 aliphatic carbocycles. The van der Waals surface area contributed by atoms with Gasteiger partial charge in [-0.15, -0.1) is 0 Å². The average molecular weight is 262 g/mol. The molecule has 19 heavy (non-hydrogen) atoms. The Bertz CT molecular complexity index is 534. The number of nitrogens with one attached hydrogen (secondary N) is 2. The van der Waals surface area contributed by atoms with E-state index in [2.05, 4.69) is 15.3 Å². The van der Waals surface area contributed by atoms with E-state index in [9.17, 15) is 4.79 Å². The van der Waals surface area contributed by atoms with Crippen LogP contribution in [0.25, 0.3) is 11.0 Å². The molecule has 1 aromatic heterocycles. The van der Waals surface area contributed by atoms with Crippen LogP contribution in [0.15, 0.2) is 24.3 Å². The summed E-state index contributed by atoms with van der Waals surface area (Å²) in [4.78, 5) is 19.4. The van der Waals surface area contributed by atoms with Crippen molar-refractivity contribution in [3.63, 3.8) is 0 Å². The van der Waals surface area contributed by atoms with Gasteiger partial charge in [-0.05, 0) is 19.1 Å². The molecule has 2 atom stereocenters. The third-order valence-electron chi connectivity index (χ3n) is 2.86. The van der Waals surface area contributed by atoms with Crippen LogP contribution in [-0.4, -0.2) is 35.6 Å². The largest absolute Gasteiger partial charge is 0.383 e. The number of methoxy groups -OCH3 is 1. The van der Waals surface area contributed by atoms with Gasteiger partial charge in [0.2, 0.25) is 5.91 Å². The van der Waals surface area contributed by atoms with Crippen molar-refractivity contribution in [1.82, 2.24) is 15.3 Å². The summed E-state index contributed by atoms with van der Waals surface area (Å²) in [6, 6.07) is 6.81. The van der Waals surface area contributed by atoms with Gasteiger partial charge in [0.1, 0.15) is 11.9 Å². The van der Waals surface area contributed by atoms with Crippen LogP contribution in [0.3, 0.4) is 0 Å². The zero-order chi connectivity index (χ0) is 13.8. The highest BCUT2D eigenvalue weighted by Crippen LogP contribution is 2.15. The lowest BCUT2D eigenvalue weighted by Crippen LogP contribution is -2.44. The van der Waals surface area contributed by atoms with Crippen molar-refractivity contribution in [3.8, 4) is 0 Å². The SMILES string of the molecule is COCC(N)C(=O)NC(C)c1nc2ccccc2[nH]1. The molecule has 0 aliphatic rings. The van der Waals surface area contributed by atoms with Gasteiger partial charge in [-0.25, -0.2) is 4.98 Å². The quantitative estimate of drug-likeness (QED) is 0.740. The Labute approximate surface area is 111 Å². The lowest BCUT2D eigenvalue weighted by Gasteiger charge is -2.15. The summed E-state index contributed by atoms with van der Waals surface area (Å²) in [5, 5.41) is 2.80. The number of fused-ring (bicyclic) bond motifs is 1. The number of amides is 1. The first-order valence-corrected chi connectivity index (χ1v) is 6.11. The van der Waals surface area contributed by atoms with Crippen molar-refractivity contribution in [3.05, 3.63) is 30.1 Å². The van der Waals surface area contributed by atoms with Gasteiger partial charge in [-0.1, -0.05) is 12.1 Å². The van der Waals surface area contributed by atoms with Crippen LogP contribution in [0.4, 0.5) is 0 Å². The standard InChI is InChI=1S/C13H18N4O2/c1-8(15-13(18)9(14)7-19-2)12-16-10-5-3-4-6-11(10)17-12/h3-6,8-9H,7,14H2,1-2H3,(H,15,18)(H,16,17). The minimum Gasteiger partial charge on any atom is -0.383 e. The van der Waals surface area contributed by atoms with Crippen LogP contribution in [0, 0.1) is 0 Å². The van der Waals surface area contributed by atoms with Gasteiger partial charge in [0.15, 0.2) is 0 Å². The Morgan fingerprint density at radius 3 is 2.95 bits per heavy atom. The molecule has 6 nitrogen and oxygen atoms in total. The number of para-hydroxylation sites is 2. The van der Waals surface area contributed by atoms with Crippen LogP contribution in [-0.2, 0) is 9.53 Å². The molecule has 0 bridgehead atoms. The first kappa shape index (κ1) is 13.5. The summed E-state index contributed by atoms with van der Waals surface area (Å²) in [6.07, 6.45) is 0. The van der Waals surface area contributed by atoms with Crippen LogP contribution < -0.4 is 11.1 Å². The van der Waals surface area contributed by atoms with E-state index in [1.54, 1.807) is 0 Å². The third-order valence-corrected chi connectivity index (χ3v) is 2.86. The molecular weight excluding hydrogens is 244 g/mol. The molecule has 4 N–H and O–H groups in total. The molecule has 1 aromatic carbocycles. The number of nitrogens with zero attached hydrogens (tertiary/aromatic N) is 1. The van der Waals surface area contributed by atoms with Gasteiger partial charge in [0, 0.05) is 7.11 Å². The highest BCUT2D eigenvalue weighted by molar-refractivity contribution is 5.82. The first-order valence-electron chi connectivity index (χ1n) is 6.11. The van der Waals surface area contributed by atoms with E-state index in [1.807, 2.05) is 31.2 Å². The van der Waals surface area contributed by atoms with Crippen LogP contribution in [0.2, 0.25) is 0 Å². The van der Waals surface area contributed by atoms with E-state index in [4.69, 9.17) is 10.5 Å². The second-order valence-electron chi connectivity index (χ2n) is 4.43. The average Bonchev–Trinajstić information content (AvgIpc) is 2.82. The van der Waals surface area contributed by atoms with Crippen molar-refractivity contribution >= 4 is 16.9 Å². The maximum Gasteiger partial charge on any atom is 0.239 e. The Hall–Kier alpha value is -1.92. The van der Waals surface area contributed by atoms with Gasteiger partial charge >= 0.3 is 0 Å². The number of nitrogens with two attached hydrogens (primary N) is 1. The van der Waals surface area contributed by atoms with Crippen LogP contribution in [0.5, 0.6) is 0 Å². The van der Waals surface area contributed by atoms with Crippen molar-refractivity contribution in [2.24, 2.45) is 5.73 Å². The molecule has 2 aromatic rings. The number of imidazole rings is 1. The summed E-state index contributed by atoms with van der Waals surface area (Å²) in [6.45, 7) is 2.05. The number of benzene rings is 1. The number of carbonyl (C=O) groups excluding carboxylic acids is 1. The minimum atomic E-state index is -0.670. The maximum absolute atomic E-state index is 11.8. The lowest BCUT2D eigenvalue weighted by atomic mass is 10.2. The van der Waals surface area contributed by atoms with E-state index in [0.29, 0.717) is 5.82 Å². The highest BCUT2D eigenvalue weighted by atomic mass is 16.5. The lowest BCUT2D eigenvalue weighted by molar-refractivity contribution is -0.124. The molecule has 0 radical (unpaired) electrons. The topological polar surface area (TPSA) is 93.0 Å². The number of H-pyrrole nitrogens is 1. The molecule has 1 heterocycles. The molecule has 2 unspecified atom stereocenters. The van der Waals surface area contributed by atoms with Crippen LogP contribution in [0.1, 0.15) is 18.8 Å². The number of aromatic nitrogens is 2. The van der Waals surface area contributed by atoms with E-state index < -0.39 is 6.04 Å². The van der Waals surface area contributed by atoms with Crippen molar-refractivity contribution in [2.75, 3.05) is 13.7 Å². The summed E-state index contributed by atoms with van der Waals surface area (Å²) < 4.78 is 4.85. The Morgan fingerprint density at radius 1 is 1.53 bits per heavy atom. The monoisotopic (exact) mass is 262 g/mol. The zero-order valence-electron chi connectivity index (χ0n) is 11.0. The van der Waals surface area contributed by atoms with E-state index >= 15 is 0 Å². The van der Waals surface area contributed by atoms with Gasteiger partial charge in [0.05, 0.1) is 23.7 Å². The number of ether oxygens (including phenoxy) is 1. The number of hydrogen-bond acceptors (Lipinski definition) is 4. The molecule has 0 aliphatic heterocycles. The molecule has 1 amide bonds. The maximum atomic E-state index is 11.8. The van der Waals surface area contributed by atoms with Crippen molar-refractivity contribution < 1.29 is 9.53 Å². The fraction of sp³-hybridized carbons (Fsp3) is 0.385. The smallest absolute Gasteiger partial charge is 0.239 e. The molecule has 0 saturated heterocycles. The predicted molar refractivity (Wildman–Crippen MR) is 72.5 cm³/mol. The van der Waals surface area contributed by atoms with Crippen molar-refractivity contribution in [2.45, 2.75) is 19.0 Å². The summed E-state index contributed by atoms with van der Waals surface area (Å²) >= 11 is 0. The Morgan fingerprint density at radius 2 is 2.26 bits per heavy atom. The fourth-order valence-corrected chi connectivity index (χ4v) is 1.82. The molecule has 0 spiro atoms. The predicted octanol–water partition coefficient (Wildman–Crippen LogP) is 0.714. The van der Waals surface area contributed by atoms with E-state index in [0.717, 1.165) is 11.0 Å². The van der Waals surface area contributed by atoms with Gasteiger partial charge in [-0.2, -0.15) is 0 Å². The molecular formula is C13H18N4O2. The molecule has 6 heteroatoms. The second kappa shape index (κ2) is 5.81. The van der Waals surface area contributed by atoms with Gasteiger partial charge in [0.25, 0.3) is 0 Å². The van der Waals surface area contributed by atoms with Crippen LogP contribution >= 0.6 is 0 Å². The van der Waals surface area contributed by atoms with E-state index in [-0.39, 0.29) is 18.6 Å². The number of aromatic amines is 1. The number of carbonyl (C=O) groups is 1. The molecule has 0 fully saturated rings. The second-order valence-corrected chi connectivity index (χ2v) is 4.43. The molecule has 0 saturated carbocycles. The zero-order valence-corrected chi connectivity index (χ0v) is 11.0. The van der Waals surface area contributed by atoms with Gasteiger partial charge < -0.3 is 20.8 Å². The van der Waals surface area contributed by atoms with E-state index in [1.165, 1.54) is 7.11 Å². The summed E-state index contributed by atoms with van der Waals surface area (Å²) in [5.41, 5.74) is 7.48. The molecule has 102 valence electrons. The Kier molecular flexibility index (Phi) is 4.13. The summed E-state index contributed by atoms with van der Waals surface area (Å²) in [7, 11) is 1.51. The third kappa shape index (κ3) is 3.10. The number of hydrogen-bond donors (Lipinski definition) is 3. The highest BCUT2D eigenvalue weighted by Gasteiger charge is 2.18. The Balaban J connectivity index is 2.07. The van der Waals surface area contributed by atoms with Crippen molar-refractivity contribution in [1.29, 1.82) is 0 Å². The minimum absolute atomic E-state index is 0.193.